The Labute approximate surface area is 363 Å². The molecule has 55 heavy (non-hydrogen) atoms. The zero-order chi connectivity index (χ0) is 40.9. The number of halogens is 3. The molecule has 0 heterocycles. The molecule has 0 aliphatic heterocycles. The standard InChI is InChI=1S/C39H53I3N2O11/c1-17(8-11-27(49)53-7)22-9-10-23-28-24(15-26(48)38(22,23)6)37(5)12-13-39(52,16-21(37)14-25(28)47)36(51)55-20(4)54-35(50)29-30(40)33(43-18(2)45)32(42)34(31(29)41)44-19(3)46/h17,20-26,28,47-48,52H,8-16H2,1-7H3,(H,43,45)(H,44,46)/t17-,20?,21-,22-,23+,24+,25-,26+,28+,37+,38-,39-/m1/s1. The maximum absolute atomic E-state index is 13.7. The summed E-state index contributed by atoms with van der Waals surface area (Å²) in [6, 6.07) is 0. The highest BCUT2D eigenvalue weighted by molar-refractivity contribution is 14.1. The average Bonchev–Trinajstić information content (AvgIpc) is 3.46. The molecule has 1 aromatic carbocycles. The smallest absolute Gasteiger partial charge is 0.343 e. The van der Waals surface area contributed by atoms with E-state index in [0.717, 1.165) is 12.8 Å². The molecule has 4 fully saturated rings. The van der Waals surface area contributed by atoms with Crippen LogP contribution in [0, 0.1) is 57.0 Å². The molecule has 0 saturated heterocycles. The molecule has 0 aromatic heterocycles. The minimum atomic E-state index is -1.88. The molecule has 5 rings (SSSR count). The van der Waals surface area contributed by atoms with E-state index < -0.39 is 41.5 Å². The van der Waals surface area contributed by atoms with E-state index in [4.69, 9.17) is 14.2 Å². The lowest BCUT2D eigenvalue weighted by Crippen LogP contribution is -2.64. The molecule has 5 N–H and O–H groups in total. The number of carbonyl (C=O) groups excluding carboxylic acids is 5. The Hall–Kier alpha value is -1.36. The number of esters is 3. The second-order valence-electron chi connectivity index (χ2n) is 16.7. The van der Waals surface area contributed by atoms with E-state index in [2.05, 4.69) is 31.4 Å². The quantitative estimate of drug-likeness (QED) is 0.0990. The first kappa shape index (κ1) is 44.7. The van der Waals surface area contributed by atoms with E-state index in [1.165, 1.54) is 27.9 Å². The van der Waals surface area contributed by atoms with Crippen molar-refractivity contribution in [3.63, 3.8) is 0 Å². The van der Waals surface area contributed by atoms with Crippen molar-refractivity contribution in [3.8, 4) is 0 Å². The van der Waals surface area contributed by atoms with E-state index in [0.29, 0.717) is 54.2 Å². The molecule has 4 saturated carbocycles. The number of ether oxygens (including phenoxy) is 3. The summed E-state index contributed by atoms with van der Waals surface area (Å²) in [5.41, 5.74) is -1.93. The minimum Gasteiger partial charge on any atom is -0.469 e. The summed E-state index contributed by atoms with van der Waals surface area (Å²) in [7, 11) is 1.39. The predicted molar refractivity (Wildman–Crippen MR) is 228 cm³/mol. The van der Waals surface area contributed by atoms with Gasteiger partial charge in [-0.1, -0.05) is 20.8 Å². The van der Waals surface area contributed by atoms with Crippen molar-refractivity contribution in [3.05, 3.63) is 16.3 Å². The molecule has 13 nitrogen and oxygen atoms in total. The molecule has 12 atom stereocenters. The molecule has 0 radical (unpaired) electrons. The maximum Gasteiger partial charge on any atom is 0.343 e. The van der Waals surface area contributed by atoms with E-state index in [-0.39, 0.29) is 77.1 Å². The highest BCUT2D eigenvalue weighted by atomic mass is 127. The average molecular weight is 1110 g/mol. The first-order valence-electron chi connectivity index (χ1n) is 18.9. The van der Waals surface area contributed by atoms with E-state index in [1.54, 1.807) is 0 Å². The van der Waals surface area contributed by atoms with E-state index >= 15 is 0 Å². The Morgan fingerprint density at radius 1 is 0.873 bits per heavy atom. The van der Waals surface area contributed by atoms with Crippen LogP contribution in [-0.4, -0.2) is 76.3 Å². The summed E-state index contributed by atoms with van der Waals surface area (Å²) in [5.74, 6) is -2.55. The Bertz CT molecular complexity index is 1680. The number of methoxy groups -OCH3 is 1. The van der Waals surface area contributed by atoms with Crippen LogP contribution in [0.2, 0.25) is 0 Å². The fourth-order valence-electron chi connectivity index (χ4n) is 10.9. The Morgan fingerprint density at radius 2 is 1.47 bits per heavy atom. The predicted octanol–water partition coefficient (Wildman–Crippen LogP) is 6.38. The number of fused-ring (bicyclic) bond motifs is 5. The van der Waals surface area contributed by atoms with Crippen LogP contribution in [0.15, 0.2) is 0 Å². The normalized spacial score (nSPS) is 34.9. The number of aliphatic hydroxyl groups excluding tert-OH is 2. The van der Waals surface area contributed by atoms with Crippen molar-refractivity contribution in [1.82, 2.24) is 0 Å². The molecule has 4 aliphatic carbocycles. The number of rotatable bonds is 10. The van der Waals surface area contributed by atoms with Crippen molar-refractivity contribution in [2.24, 2.45) is 46.3 Å². The van der Waals surface area contributed by atoms with Crippen LogP contribution >= 0.6 is 67.8 Å². The van der Waals surface area contributed by atoms with Crippen molar-refractivity contribution in [2.45, 2.75) is 123 Å². The van der Waals surface area contributed by atoms with Crippen LogP contribution < -0.4 is 10.6 Å². The van der Waals surface area contributed by atoms with E-state index in [1.807, 2.05) is 67.8 Å². The molecule has 306 valence electrons. The summed E-state index contributed by atoms with van der Waals surface area (Å²) < 4.78 is 17.3. The SMILES string of the molecule is COC(=O)CC[C@@H](C)[C@H]1CC[C@H]2[C@@H]3[C@H](O)C[C@@H]4C[C@@](O)(C(=O)OC(C)OC(=O)c5c(I)c(NC(C)=O)c(I)c(NC(C)=O)c5I)CC[C@]4(C)[C@H]3C[C@H](O)[C@]12C. The van der Waals surface area contributed by atoms with Crippen LogP contribution in [0.1, 0.15) is 110 Å². The van der Waals surface area contributed by atoms with E-state index in [9.17, 15) is 39.3 Å². The summed E-state index contributed by atoms with van der Waals surface area (Å²) >= 11 is 5.81. The van der Waals surface area contributed by atoms with Crippen LogP contribution in [0.4, 0.5) is 11.4 Å². The lowest BCUT2D eigenvalue weighted by molar-refractivity contribution is -0.225. The maximum atomic E-state index is 13.7. The number of hydrogen-bond acceptors (Lipinski definition) is 11. The van der Waals surface area contributed by atoms with Gasteiger partial charge in [-0.3, -0.25) is 14.4 Å². The fourth-order valence-corrected chi connectivity index (χ4v) is 15.0. The first-order chi connectivity index (χ1) is 25.6. The molecule has 1 unspecified atom stereocenters. The van der Waals surface area contributed by atoms with Gasteiger partial charge in [-0.05, 0) is 165 Å². The van der Waals surface area contributed by atoms with Gasteiger partial charge < -0.3 is 40.2 Å². The number of carbonyl (C=O) groups is 5. The third kappa shape index (κ3) is 8.42. The molecule has 4 aliphatic rings. The highest BCUT2D eigenvalue weighted by Gasteiger charge is 2.67. The topological polar surface area (TPSA) is 198 Å². The third-order valence-corrected chi connectivity index (χ3v) is 16.9. The summed E-state index contributed by atoms with van der Waals surface area (Å²) in [6.45, 7) is 10.5. The number of nitrogens with one attached hydrogen (secondary N) is 2. The van der Waals surface area contributed by atoms with Gasteiger partial charge in [-0.15, -0.1) is 0 Å². The van der Waals surface area contributed by atoms with Gasteiger partial charge in [-0.25, -0.2) is 9.59 Å². The first-order valence-corrected chi connectivity index (χ1v) is 22.2. The van der Waals surface area contributed by atoms with Crippen molar-refractivity contribution < 1.29 is 53.5 Å². The molecule has 16 heteroatoms. The monoisotopic (exact) mass is 1110 g/mol. The fraction of sp³-hybridized carbons (Fsp3) is 0.718. The molecule has 0 spiro atoms. The Balaban J connectivity index is 1.29. The molecule has 2 amide bonds. The second kappa shape index (κ2) is 17.1. The van der Waals surface area contributed by atoms with Crippen LogP contribution in [0.25, 0.3) is 0 Å². The van der Waals surface area contributed by atoms with Gasteiger partial charge in [0.2, 0.25) is 18.1 Å². The van der Waals surface area contributed by atoms with Crippen LogP contribution in [-0.2, 0) is 33.4 Å². The molecule has 0 bridgehead atoms. The molecular weight excluding hydrogens is 1050 g/mol. The minimum absolute atomic E-state index is 0.0115. The third-order valence-electron chi connectivity index (χ3n) is 13.7. The van der Waals surface area contributed by atoms with Crippen LogP contribution in [0.3, 0.4) is 0 Å². The number of anilines is 2. The summed E-state index contributed by atoms with van der Waals surface area (Å²) in [4.78, 5) is 63.2. The number of hydrogen-bond donors (Lipinski definition) is 5. The van der Waals surface area contributed by atoms with Gasteiger partial charge in [0.1, 0.15) is 0 Å². The van der Waals surface area contributed by atoms with Crippen LogP contribution in [0.5, 0.6) is 0 Å². The number of benzene rings is 1. The van der Waals surface area contributed by atoms with Gasteiger partial charge in [0.25, 0.3) is 0 Å². The zero-order valence-corrected chi connectivity index (χ0v) is 38.8. The van der Waals surface area contributed by atoms with Crippen molar-refractivity contribution >= 4 is 109 Å². The Kier molecular flexibility index (Phi) is 13.9. The van der Waals surface area contributed by atoms with Gasteiger partial charge in [0.05, 0.1) is 47.0 Å². The number of amides is 2. The van der Waals surface area contributed by atoms with Gasteiger partial charge in [-0.2, -0.15) is 0 Å². The number of aliphatic hydroxyl groups is 3. The zero-order valence-electron chi connectivity index (χ0n) is 32.3. The second-order valence-corrected chi connectivity index (χ2v) is 20.0. The largest absolute Gasteiger partial charge is 0.469 e. The van der Waals surface area contributed by atoms with Gasteiger partial charge in [0, 0.05) is 27.2 Å². The summed E-state index contributed by atoms with van der Waals surface area (Å²) in [6.07, 6.45) is 1.71. The van der Waals surface area contributed by atoms with Crippen molar-refractivity contribution in [2.75, 3.05) is 17.7 Å². The Morgan fingerprint density at radius 3 is 2.04 bits per heavy atom. The van der Waals surface area contributed by atoms with Gasteiger partial charge in [0.15, 0.2) is 5.60 Å². The lowest BCUT2D eigenvalue weighted by atomic mass is 9.42. The molecule has 1 aromatic rings. The van der Waals surface area contributed by atoms with Crippen molar-refractivity contribution in [1.29, 1.82) is 0 Å². The summed E-state index contributed by atoms with van der Waals surface area (Å²) in [5, 5.41) is 41.0. The lowest BCUT2D eigenvalue weighted by Gasteiger charge is -2.64. The van der Waals surface area contributed by atoms with Gasteiger partial charge >= 0.3 is 17.9 Å². The molecular formula is C39H53I3N2O11. The highest BCUT2D eigenvalue weighted by Crippen LogP contribution is 2.69.